The molecule has 13 heavy (non-hydrogen) atoms. The predicted molar refractivity (Wildman–Crippen MR) is 59.6 cm³/mol. The Bertz CT molecular complexity index is 294. The van der Waals surface area contributed by atoms with Crippen LogP contribution in [0.4, 0.5) is 0 Å². The highest BCUT2D eigenvalue weighted by Gasteiger charge is 1.98. The zero-order chi connectivity index (χ0) is 9.68. The summed E-state index contributed by atoms with van der Waals surface area (Å²) in [7, 11) is 0. The number of aryl methyl sites for hydroxylation is 1. The van der Waals surface area contributed by atoms with Gasteiger partial charge < -0.3 is 4.74 Å². The van der Waals surface area contributed by atoms with Crippen LogP contribution in [0.5, 0.6) is 5.75 Å². The van der Waals surface area contributed by atoms with E-state index in [9.17, 15) is 0 Å². The summed E-state index contributed by atoms with van der Waals surface area (Å²) in [6.07, 6.45) is 1.74. The second-order valence-corrected chi connectivity index (χ2v) is 3.16. The summed E-state index contributed by atoms with van der Waals surface area (Å²) in [4.78, 5) is 0. The molecule has 0 unspecified atom stereocenters. The van der Waals surface area contributed by atoms with Crippen LogP contribution >= 0.6 is 12.6 Å². The van der Waals surface area contributed by atoms with Gasteiger partial charge in [-0.3, -0.25) is 0 Å². The third kappa shape index (κ3) is 2.81. The Morgan fingerprint density at radius 2 is 2.31 bits per heavy atom. The Labute approximate surface area is 84.8 Å². The SMILES string of the molecule is C=CCOc1ccc(CS)c(C)c1. The number of rotatable bonds is 4. The van der Waals surface area contributed by atoms with Crippen LogP contribution in [0, 0.1) is 6.92 Å². The third-order valence-corrected chi connectivity index (χ3v) is 2.19. The van der Waals surface area contributed by atoms with Crippen molar-refractivity contribution in [3.63, 3.8) is 0 Å². The van der Waals surface area contributed by atoms with Crippen LogP contribution in [-0.2, 0) is 5.75 Å². The number of thiol groups is 1. The molecule has 0 radical (unpaired) electrons. The summed E-state index contributed by atoms with van der Waals surface area (Å²) >= 11 is 4.23. The van der Waals surface area contributed by atoms with Gasteiger partial charge in [-0.1, -0.05) is 18.7 Å². The van der Waals surface area contributed by atoms with Gasteiger partial charge in [0.1, 0.15) is 12.4 Å². The summed E-state index contributed by atoms with van der Waals surface area (Å²) in [5, 5.41) is 0. The first-order valence-corrected chi connectivity index (χ1v) is 4.85. The number of hydrogen-bond acceptors (Lipinski definition) is 2. The van der Waals surface area contributed by atoms with Crippen molar-refractivity contribution in [3.05, 3.63) is 42.0 Å². The minimum Gasteiger partial charge on any atom is -0.490 e. The van der Waals surface area contributed by atoms with E-state index in [0.717, 1.165) is 11.5 Å². The maximum atomic E-state index is 5.39. The van der Waals surface area contributed by atoms with E-state index in [0.29, 0.717) is 6.61 Å². The fourth-order valence-electron chi connectivity index (χ4n) is 1.09. The molecule has 0 bridgehead atoms. The highest BCUT2D eigenvalue weighted by molar-refractivity contribution is 7.79. The predicted octanol–water partition coefficient (Wildman–Crippen LogP) is 2.99. The first kappa shape index (κ1) is 10.2. The van der Waals surface area contributed by atoms with Crippen molar-refractivity contribution in [2.75, 3.05) is 6.61 Å². The van der Waals surface area contributed by atoms with Gasteiger partial charge in [0.15, 0.2) is 0 Å². The van der Waals surface area contributed by atoms with Crippen LogP contribution in [-0.4, -0.2) is 6.61 Å². The maximum Gasteiger partial charge on any atom is 0.120 e. The van der Waals surface area contributed by atoms with E-state index in [4.69, 9.17) is 4.74 Å². The molecule has 70 valence electrons. The van der Waals surface area contributed by atoms with E-state index in [1.165, 1.54) is 11.1 Å². The van der Waals surface area contributed by atoms with Gasteiger partial charge in [-0.2, -0.15) is 12.6 Å². The van der Waals surface area contributed by atoms with E-state index >= 15 is 0 Å². The minimum absolute atomic E-state index is 0.555. The monoisotopic (exact) mass is 194 g/mol. The second-order valence-electron chi connectivity index (χ2n) is 2.85. The molecule has 0 aliphatic heterocycles. The summed E-state index contributed by atoms with van der Waals surface area (Å²) in [5.41, 5.74) is 2.46. The van der Waals surface area contributed by atoms with Gasteiger partial charge in [0.2, 0.25) is 0 Å². The van der Waals surface area contributed by atoms with Gasteiger partial charge in [-0.15, -0.1) is 0 Å². The third-order valence-electron chi connectivity index (χ3n) is 1.85. The normalized spacial score (nSPS) is 9.69. The highest BCUT2D eigenvalue weighted by Crippen LogP contribution is 2.18. The van der Waals surface area contributed by atoms with Gasteiger partial charge in [-0.05, 0) is 30.2 Å². The highest BCUT2D eigenvalue weighted by atomic mass is 32.1. The van der Waals surface area contributed by atoms with Crippen molar-refractivity contribution in [2.45, 2.75) is 12.7 Å². The molecule has 1 nitrogen and oxygen atoms in total. The molecule has 0 atom stereocenters. The fourth-order valence-corrected chi connectivity index (χ4v) is 1.45. The van der Waals surface area contributed by atoms with Crippen molar-refractivity contribution in [2.24, 2.45) is 0 Å². The van der Waals surface area contributed by atoms with Gasteiger partial charge in [0.25, 0.3) is 0 Å². The zero-order valence-electron chi connectivity index (χ0n) is 7.79. The van der Waals surface area contributed by atoms with E-state index in [-0.39, 0.29) is 0 Å². The molecule has 0 aliphatic rings. The van der Waals surface area contributed by atoms with Gasteiger partial charge >= 0.3 is 0 Å². The smallest absolute Gasteiger partial charge is 0.120 e. The lowest BCUT2D eigenvalue weighted by Crippen LogP contribution is -1.94. The van der Waals surface area contributed by atoms with Crippen LogP contribution in [0.3, 0.4) is 0 Å². The van der Waals surface area contributed by atoms with E-state index in [1.807, 2.05) is 18.2 Å². The molecule has 0 saturated heterocycles. The van der Waals surface area contributed by atoms with E-state index in [1.54, 1.807) is 6.08 Å². The lowest BCUT2D eigenvalue weighted by Gasteiger charge is -2.06. The van der Waals surface area contributed by atoms with Gasteiger partial charge in [-0.25, -0.2) is 0 Å². The van der Waals surface area contributed by atoms with Crippen molar-refractivity contribution in [1.29, 1.82) is 0 Å². The number of hydrogen-bond donors (Lipinski definition) is 1. The number of benzene rings is 1. The first-order valence-electron chi connectivity index (χ1n) is 4.22. The standard InChI is InChI=1S/C11H14OS/c1-3-6-12-11-5-4-10(8-13)9(2)7-11/h3-5,7,13H,1,6,8H2,2H3. The average Bonchev–Trinajstić information content (AvgIpc) is 2.15. The van der Waals surface area contributed by atoms with Crippen LogP contribution in [0.1, 0.15) is 11.1 Å². The molecule has 1 aromatic rings. The summed E-state index contributed by atoms with van der Waals surface area (Å²) in [6.45, 7) is 6.21. The molecule has 0 aliphatic carbocycles. The topological polar surface area (TPSA) is 9.23 Å². The van der Waals surface area contributed by atoms with E-state index < -0.39 is 0 Å². The molecule has 0 heterocycles. The lowest BCUT2D eigenvalue weighted by molar-refractivity contribution is 0.363. The minimum atomic E-state index is 0.555. The van der Waals surface area contributed by atoms with Crippen molar-refractivity contribution in [1.82, 2.24) is 0 Å². The maximum absolute atomic E-state index is 5.39. The Morgan fingerprint density at radius 3 is 2.85 bits per heavy atom. The Balaban J connectivity index is 2.76. The van der Waals surface area contributed by atoms with Crippen LogP contribution in [0.2, 0.25) is 0 Å². The Hall–Kier alpha value is -0.890. The molecule has 0 spiro atoms. The first-order chi connectivity index (χ1) is 6.27. The van der Waals surface area contributed by atoms with Gasteiger partial charge in [0, 0.05) is 5.75 Å². The Kier molecular flexibility index (Phi) is 3.90. The molecule has 0 aromatic heterocycles. The molecule has 0 saturated carbocycles. The largest absolute Gasteiger partial charge is 0.490 e. The molecular formula is C11H14OS. The molecule has 1 rings (SSSR count). The quantitative estimate of drug-likeness (QED) is 0.572. The van der Waals surface area contributed by atoms with Crippen molar-refractivity contribution >= 4 is 12.6 Å². The molecule has 0 fully saturated rings. The fraction of sp³-hybridized carbons (Fsp3) is 0.273. The van der Waals surface area contributed by atoms with Crippen LogP contribution in [0.25, 0.3) is 0 Å². The van der Waals surface area contributed by atoms with Crippen LogP contribution < -0.4 is 4.74 Å². The molecular weight excluding hydrogens is 180 g/mol. The van der Waals surface area contributed by atoms with E-state index in [2.05, 4.69) is 26.1 Å². The molecule has 0 N–H and O–H groups in total. The summed E-state index contributed by atoms with van der Waals surface area (Å²) < 4.78 is 5.39. The molecule has 2 heteroatoms. The van der Waals surface area contributed by atoms with Crippen LogP contribution in [0.15, 0.2) is 30.9 Å². The number of ether oxygens (including phenoxy) is 1. The Morgan fingerprint density at radius 1 is 1.54 bits per heavy atom. The zero-order valence-corrected chi connectivity index (χ0v) is 8.68. The summed E-state index contributed by atoms with van der Waals surface area (Å²) in [5.74, 6) is 1.66. The van der Waals surface area contributed by atoms with Gasteiger partial charge in [0.05, 0.1) is 0 Å². The summed E-state index contributed by atoms with van der Waals surface area (Å²) in [6, 6.07) is 6.03. The average molecular weight is 194 g/mol. The lowest BCUT2D eigenvalue weighted by atomic mass is 10.1. The molecule has 0 amide bonds. The molecule has 1 aromatic carbocycles. The van der Waals surface area contributed by atoms with Crippen molar-refractivity contribution in [3.8, 4) is 5.75 Å². The van der Waals surface area contributed by atoms with Crippen molar-refractivity contribution < 1.29 is 4.74 Å². The second kappa shape index (κ2) is 4.97.